The minimum absolute atomic E-state index is 0. The number of aliphatic hydroxyl groups is 1. The molecule has 0 bridgehead atoms. The Morgan fingerprint density at radius 3 is 2.15 bits per heavy atom. The summed E-state index contributed by atoms with van der Waals surface area (Å²) in [6.45, 7) is 3.36. The number of fused-ring (bicyclic) bond motifs is 1. The Morgan fingerprint density at radius 2 is 1.59 bits per heavy atom. The standard InChI is InChI=1S/C24H30FNO11S.ClH/c1-4-32-22(30)36-10-34-20(28)17-16-18(17)24(26,21(29)35-11-37-23(31)33-5-2)14(19(16)27)9-38-13-6-7-15(25)12(3)8-13;/h6-8,14,16-19,27H,4-5,9-11,26H2,1-3H3;1H/t14-,16+,17+,18+,19-,24+;/m1./s1. The zero-order valence-corrected chi connectivity index (χ0v) is 23.1. The molecule has 1 aromatic rings. The van der Waals surface area contributed by atoms with Crippen LogP contribution in [-0.2, 0) is 38.0 Å². The summed E-state index contributed by atoms with van der Waals surface area (Å²) >= 11 is 1.25. The molecule has 2 fully saturated rings. The maximum absolute atomic E-state index is 13.6. The average Bonchev–Trinajstić information content (AvgIpc) is 3.58. The maximum Gasteiger partial charge on any atom is 0.511 e. The van der Waals surface area contributed by atoms with Gasteiger partial charge in [0.25, 0.3) is 0 Å². The van der Waals surface area contributed by atoms with Crippen LogP contribution in [0.2, 0.25) is 0 Å². The first-order chi connectivity index (χ1) is 18.1. The zero-order valence-electron chi connectivity index (χ0n) is 21.5. The summed E-state index contributed by atoms with van der Waals surface area (Å²) in [5.41, 5.74) is 5.14. The van der Waals surface area contributed by atoms with E-state index in [4.69, 9.17) is 15.2 Å². The predicted octanol–water partition coefficient (Wildman–Crippen LogP) is 2.55. The Hall–Kier alpha value is -2.81. The first-order valence-electron chi connectivity index (χ1n) is 11.8. The van der Waals surface area contributed by atoms with E-state index in [9.17, 15) is 28.7 Å². The predicted molar refractivity (Wildman–Crippen MR) is 134 cm³/mol. The molecule has 2 aliphatic carbocycles. The number of halogens is 2. The lowest BCUT2D eigenvalue weighted by molar-refractivity contribution is -0.165. The van der Waals surface area contributed by atoms with E-state index in [1.807, 2.05) is 0 Å². The van der Waals surface area contributed by atoms with E-state index in [0.717, 1.165) is 0 Å². The number of nitrogens with two attached hydrogens (primary N) is 1. The number of hydrogen-bond acceptors (Lipinski definition) is 13. The molecule has 3 N–H and O–H groups in total. The third-order valence-electron chi connectivity index (χ3n) is 6.50. The molecule has 39 heavy (non-hydrogen) atoms. The van der Waals surface area contributed by atoms with Crippen LogP contribution in [0.3, 0.4) is 0 Å². The van der Waals surface area contributed by atoms with E-state index >= 15 is 0 Å². The molecule has 0 amide bonds. The number of carbonyl (C=O) groups excluding carboxylic acids is 4. The molecule has 2 saturated carbocycles. The number of aryl methyl sites for hydroxylation is 1. The summed E-state index contributed by atoms with van der Waals surface area (Å²) < 4.78 is 42.2. The van der Waals surface area contributed by atoms with Crippen molar-refractivity contribution in [3.05, 3.63) is 29.6 Å². The van der Waals surface area contributed by atoms with Crippen LogP contribution >= 0.6 is 24.2 Å². The van der Waals surface area contributed by atoms with Crippen molar-refractivity contribution >= 4 is 48.4 Å². The number of thioether (sulfide) groups is 1. The van der Waals surface area contributed by atoms with Crippen LogP contribution in [-0.4, -0.2) is 73.6 Å². The smallest absolute Gasteiger partial charge is 0.435 e. The Morgan fingerprint density at radius 1 is 1.00 bits per heavy atom. The molecular formula is C24H31ClFNO11S. The van der Waals surface area contributed by atoms with E-state index in [-0.39, 0.29) is 37.2 Å². The monoisotopic (exact) mass is 595 g/mol. The normalized spacial score (nSPS) is 26.4. The van der Waals surface area contributed by atoms with E-state index in [0.29, 0.717) is 10.5 Å². The lowest BCUT2D eigenvalue weighted by Crippen LogP contribution is -2.59. The number of rotatable bonds is 11. The zero-order chi connectivity index (χ0) is 28.0. The van der Waals surface area contributed by atoms with Gasteiger partial charge in [-0.15, -0.1) is 24.2 Å². The molecular weight excluding hydrogens is 565 g/mol. The second-order valence-corrected chi connectivity index (χ2v) is 9.76. The van der Waals surface area contributed by atoms with E-state index in [1.165, 1.54) is 17.8 Å². The third kappa shape index (κ3) is 7.24. The number of ether oxygens (including phenoxy) is 6. The van der Waals surface area contributed by atoms with Crippen molar-refractivity contribution in [2.75, 3.05) is 32.6 Å². The first-order valence-corrected chi connectivity index (χ1v) is 12.8. The molecule has 2 aliphatic rings. The van der Waals surface area contributed by atoms with Gasteiger partial charge in [-0.2, -0.15) is 0 Å². The van der Waals surface area contributed by atoms with Crippen molar-refractivity contribution in [2.45, 2.75) is 37.3 Å². The van der Waals surface area contributed by atoms with Gasteiger partial charge in [-0.25, -0.2) is 18.8 Å². The van der Waals surface area contributed by atoms with Gasteiger partial charge in [0.15, 0.2) is 0 Å². The highest BCUT2D eigenvalue weighted by molar-refractivity contribution is 7.99. The summed E-state index contributed by atoms with van der Waals surface area (Å²) in [5, 5.41) is 11.1. The van der Waals surface area contributed by atoms with Gasteiger partial charge in [0.2, 0.25) is 13.6 Å². The molecule has 218 valence electrons. The van der Waals surface area contributed by atoms with Gasteiger partial charge in [-0.3, -0.25) is 4.79 Å². The molecule has 0 spiro atoms. The quantitative estimate of drug-likeness (QED) is 0.166. The molecule has 15 heteroatoms. The molecule has 0 aliphatic heterocycles. The van der Waals surface area contributed by atoms with Gasteiger partial charge in [-0.05, 0) is 44.5 Å². The van der Waals surface area contributed by atoms with Gasteiger partial charge in [-0.1, -0.05) is 0 Å². The fourth-order valence-electron chi connectivity index (χ4n) is 4.70. The highest BCUT2D eigenvalue weighted by Crippen LogP contribution is 2.64. The van der Waals surface area contributed by atoms with Gasteiger partial charge < -0.3 is 39.3 Å². The van der Waals surface area contributed by atoms with Gasteiger partial charge in [0.05, 0.1) is 25.2 Å². The van der Waals surface area contributed by atoms with Crippen LogP contribution in [0, 0.1) is 36.4 Å². The second-order valence-electron chi connectivity index (χ2n) is 8.67. The molecule has 0 saturated heterocycles. The topological polar surface area (TPSA) is 170 Å². The van der Waals surface area contributed by atoms with Gasteiger partial charge in [0.1, 0.15) is 11.4 Å². The second kappa shape index (κ2) is 14.0. The molecule has 6 atom stereocenters. The number of hydrogen-bond donors (Lipinski definition) is 2. The highest BCUT2D eigenvalue weighted by Gasteiger charge is 2.78. The number of carbonyl (C=O) groups is 4. The summed E-state index contributed by atoms with van der Waals surface area (Å²) in [4.78, 5) is 49.2. The van der Waals surface area contributed by atoms with E-state index < -0.39 is 73.1 Å². The number of benzene rings is 1. The summed E-state index contributed by atoms with van der Waals surface area (Å²) in [6, 6.07) is 4.49. The van der Waals surface area contributed by atoms with Gasteiger partial charge >= 0.3 is 24.2 Å². The van der Waals surface area contributed by atoms with Crippen molar-refractivity contribution in [1.82, 2.24) is 0 Å². The fourth-order valence-corrected chi connectivity index (χ4v) is 5.97. The molecule has 3 rings (SSSR count). The van der Waals surface area contributed by atoms with Crippen LogP contribution in [0.5, 0.6) is 0 Å². The minimum atomic E-state index is -1.85. The molecule has 12 nitrogen and oxygen atoms in total. The van der Waals surface area contributed by atoms with E-state index in [2.05, 4.69) is 18.9 Å². The minimum Gasteiger partial charge on any atom is -0.435 e. The summed E-state index contributed by atoms with van der Waals surface area (Å²) in [7, 11) is 0. The van der Waals surface area contributed by atoms with Crippen LogP contribution in [0.4, 0.5) is 14.0 Å². The first kappa shape index (κ1) is 32.4. The van der Waals surface area contributed by atoms with Crippen molar-refractivity contribution < 1.29 is 57.1 Å². The third-order valence-corrected chi connectivity index (χ3v) is 7.61. The Bertz CT molecular complexity index is 1060. The Labute approximate surface area is 234 Å². The van der Waals surface area contributed by atoms with Crippen LogP contribution in [0.25, 0.3) is 0 Å². The number of esters is 2. The SMILES string of the molecule is CCOC(=O)OCOC(=O)[C@H]1[C@@H]2[C@H](O)[C@@H](CSc3ccc(F)c(C)c3)[C@@](N)(C(=O)OCOC(=O)OCC)[C@H]12.Cl. The average molecular weight is 596 g/mol. The fraction of sp³-hybridized carbons (Fsp3) is 0.583. The van der Waals surface area contributed by atoms with Crippen LogP contribution in [0.15, 0.2) is 23.1 Å². The van der Waals surface area contributed by atoms with Crippen LogP contribution < -0.4 is 5.73 Å². The van der Waals surface area contributed by atoms with Crippen molar-refractivity contribution in [1.29, 1.82) is 0 Å². The van der Waals surface area contributed by atoms with Crippen molar-refractivity contribution in [3.8, 4) is 0 Å². The molecule has 0 unspecified atom stereocenters. The maximum atomic E-state index is 13.6. The molecule has 0 radical (unpaired) electrons. The molecule has 0 heterocycles. The van der Waals surface area contributed by atoms with E-state index in [1.54, 1.807) is 32.9 Å². The summed E-state index contributed by atoms with van der Waals surface area (Å²) in [5.74, 6) is -5.48. The lowest BCUT2D eigenvalue weighted by Gasteiger charge is -2.34. The highest BCUT2D eigenvalue weighted by atomic mass is 35.5. The van der Waals surface area contributed by atoms with Gasteiger partial charge in [0, 0.05) is 28.4 Å². The summed E-state index contributed by atoms with van der Waals surface area (Å²) in [6.07, 6.45) is -3.27. The largest absolute Gasteiger partial charge is 0.511 e. The lowest BCUT2D eigenvalue weighted by atomic mass is 9.81. The Kier molecular flexibility index (Phi) is 11.6. The van der Waals surface area contributed by atoms with Crippen molar-refractivity contribution in [2.24, 2.45) is 29.4 Å². The number of aliphatic hydroxyl groups excluding tert-OH is 1. The molecule has 0 aromatic heterocycles. The van der Waals surface area contributed by atoms with Crippen LogP contribution in [0.1, 0.15) is 19.4 Å². The Balaban J connectivity index is 0.00000533. The van der Waals surface area contributed by atoms with Crippen molar-refractivity contribution in [3.63, 3.8) is 0 Å². The molecule has 1 aromatic carbocycles.